The number of fused-ring (bicyclic) bond motifs is 5. The fraction of sp³-hybridized carbons (Fsp3) is 0.885. The van der Waals surface area contributed by atoms with Crippen molar-refractivity contribution in [3.05, 3.63) is 12.2 Å². The van der Waals surface area contributed by atoms with E-state index in [2.05, 4.69) is 38.2 Å². The van der Waals surface area contributed by atoms with Gasteiger partial charge in [0.2, 0.25) is 0 Å². The van der Waals surface area contributed by atoms with Crippen molar-refractivity contribution in [1.29, 1.82) is 0 Å². The molecule has 1 N–H and O–H groups in total. The summed E-state index contributed by atoms with van der Waals surface area (Å²) in [7, 11) is 0. The van der Waals surface area contributed by atoms with Crippen LogP contribution < -0.4 is 5.32 Å². The van der Waals surface area contributed by atoms with Crippen molar-refractivity contribution in [1.82, 2.24) is 5.32 Å². The van der Waals surface area contributed by atoms with Crippen molar-refractivity contribution in [3.63, 3.8) is 0 Å². The average molecular weight is 384 g/mol. The predicted molar refractivity (Wildman–Crippen MR) is 115 cm³/mol. The minimum Gasteiger partial charge on any atom is -0.316 e. The van der Waals surface area contributed by atoms with Crippen LogP contribution in [0.5, 0.6) is 0 Å². The minimum absolute atomic E-state index is 0.0217. The maximum atomic E-state index is 12.7. The van der Waals surface area contributed by atoms with Crippen LogP contribution in [0.15, 0.2) is 12.2 Å². The highest BCUT2D eigenvalue weighted by molar-refractivity contribution is 5.87. The molecule has 2 heteroatoms. The molecule has 4 aliphatic carbocycles. The Morgan fingerprint density at radius 1 is 0.964 bits per heavy atom. The molecule has 0 radical (unpaired) electrons. The topological polar surface area (TPSA) is 29.1 Å². The van der Waals surface area contributed by atoms with E-state index in [0.29, 0.717) is 17.1 Å². The number of hydrogen-bond acceptors (Lipinski definition) is 2. The van der Waals surface area contributed by atoms with Crippen molar-refractivity contribution in [3.8, 4) is 0 Å². The van der Waals surface area contributed by atoms with Crippen LogP contribution in [0.25, 0.3) is 0 Å². The lowest BCUT2D eigenvalue weighted by molar-refractivity contribution is -0.148. The van der Waals surface area contributed by atoms with Crippen LogP contribution in [-0.4, -0.2) is 18.9 Å². The van der Waals surface area contributed by atoms with Crippen LogP contribution >= 0.6 is 0 Å². The summed E-state index contributed by atoms with van der Waals surface area (Å²) in [5, 5.41) is 3.50. The molecule has 156 valence electrons. The van der Waals surface area contributed by atoms with E-state index in [1.54, 1.807) is 0 Å². The first-order valence-corrected chi connectivity index (χ1v) is 12.3. The number of hydrogen-bond donors (Lipinski definition) is 1. The molecule has 0 aromatic heterocycles. The predicted octanol–water partition coefficient (Wildman–Crippen LogP) is 5.63. The summed E-state index contributed by atoms with van der Waals surface area (Å²) in [6, 6.07) is 0. The maximum Gasteiger partial charge on any atom is 0.139 e. The largest absolute Gasteiger partial charge is 0.316 e. The number of ketones is 1. The van der Waals surface area contributed by atoms with Gasteiger partial charge in [-0.1, -0.05) is 32.9 Å². The number of rotatable bonds is 2. The number of Topliss-reactive ketones (excluding diaryl/α,β-unsaturated/α-hetero) is 1. The van der Waals surface area contributed by atoms with Crippen molar-refractivity contribution < 1.29 is 4.79 Å². The Bertz CT molecular complexity index is 649. The maximum absolute atomic E-state index is 12.7. The summed E-state index contributed by atoms with van der Waals surface area (Å²) < 4.78 is 0. The van der Waals surface area contributed by atoms with Crippen molar-refractivity contribution in [2.24, 2.45) is 52.3 Å². The molecule has 1 aliphatic heterocycles. The molecule has 5 rings (SSSR count). The molecule has 2 nitrogen and oxygen atoms in total. The smallest absolute Gasteiger partial charge is 0.139 e. The normalized spacial score (nSPS) is 53.8. The zero-order chi connectivity index (χ0) is 19.5. The van der Waals surface area contributed by atoms with Crippen LogP contribution in [-0.2, 0) is 4.79 Å². The van der Waals surface area contributed by atoms with Gasteiger partial charge in [-0.25, -0.2) is 0 Å². The van der Waals surface area contributed by atoms with E-state index in [9.17, 15) is 4.79 Å². The first kappa shape index (κ1) is 19.3. The molecule has 5 aliphatic rings. The molecule has 0 aromatic carbocycles. The SMILES string of the molecule is C[C@@H]1CC2C[C@H](/C=C\[C@@H]3CCNC3)CC[C@]2(C)[C@H]2CC[C@]3(C)C(=O)CC[C@H]3[C@H]12. The summed E-state index contributed by atoms with van der Waals surface area (Å²) in [6.45, 7) is 9.90. The first-order chi connectivity index (χ1) is 13.4. The second-order valence-corrected chi connectivity index (χ2v) is 11.8. The molecule has 1 unspecified atom stereocenters. The second-order valence-electron chi connectivity index (χ2n) is 11.8. The third-order valence-corrected chi connectivity index (χ3v) is 10.5. The molecule has 1 saturated heterocycles. The molecule has 9 atom stereocenters. The standard InChI is InChI=1S/C26H41NO/c1-17-14-20-15-18(4-5-19-10-13-27-16-19)8-11-25(20,2)22-9-12-26(3)21(24(17)22)6-7-23(26)28/h4-5,17-22,24,27H,6-16H2,1-3H3/b5-4-/t17-,18-,19-,20?,21+,22+,24+,25+,26+/m1/s1. The van der Waals surface area contributed by atoms with Crippen molar-refractivity contribution in [2.75, 3.05) is 13.1 Å². The van der Waals surface area contributed by atoms with Crippen LogP contribution in [0, 0.1) is 52.3 Å². The molecule has 0 bridgehead atoms. The lowest BCUT2D eigenvalue weighted by Gasteiger charge is -2.62. The van der Waals surface area contributed by atoms with Gasteiger partial charge in [-0.3, -0.25) is 4.79 Å². The molecule has 1 heterocycles. The van der Waals surface area contributed by atoms with Gasteiger partial charge in [-0.15, -0.1) is 0 Å². The molecule has 4 saturated carbocycles. The molecular formula is C26H41NO. The molecule has 0 spiro atoms. The van der Waals surface area contributed by atoms with E-state index in [-0.39, 0.29) is 5.41 Å². The number of allylic oxidation sites excluding steroid dienone is 1. The Kier molecular flexibility index (Phi) is 4.81. The number of nitrogens with one attached hydrogen (secondary N) is 1. The Balaban J connectivity index is 1.33. The van der Waals surface area contributed by atoms with Crippen LogP contribution in [0.1, 0.15) is 78.6 Å². The van der Waals surface area contributed by atoms with Crippen LogP contribution in [0.3, 0.4) is 0 Å². The Morgan fingerprint density at radius 3 is 2.57 bits per heavy atom. The Labute approximate surface area is 172 Å². The van der Waals surface area contributed by atoms with E-state index in [1.807, 2.05) is 0 Å². The minimum atomic E-state index is 0.0217. The molecular weight excluding hydrogens is 342 g/mol. The van der Waals surface area contributed by atoms with Gasteiger partial charge >= 0.3 is 0 Å². The Morgan fingerprint density at radius 2 is 1.79 bits per heavy atom. The van der Waals surface area contributed by atoms with Crippen molar-refractivity contribution >= 4 is 5.78 Å². The summed E-state index contributed by atoms with van der Waals surface area (Å²) in [4.78, 5) is 12.7. The highest BCUT2D eigenvalue weighted by atomic mass is 16.1. The van der Waals surface area contributed by atoms with Crippen molar-refractivity contribution in [2.45, 2.75) is 78.6 Å². The van der Waals surface area contributed by atoms with E-state index in [1.165, 1.54) is 64.5 Å². The van der Waals surface area contributed by atoms with Gasteiger partial charge in [0.25, 0.3) is 0 Å². The van der Waals surface area contributed by atoms with Crippen LogP contribution in [0.4, 0.5) is 0 Å². The second kappa shape index (κ2) is 6.96. The molecule has 28 heavy (non-hydrogen) atoms. The summed E-state index contributed by atoms with van der Waals surface area (Å²) in [5.74, 6) is 6.24. The summed E-state index contributed by atoms with van der Waals surface area (Å²) in [5.41, 5.74) is 0.553. The average Bonchev–Trinajstić information content (AvgIpc) is 3.29. The van der Waals surface area contributed by atoms with Gasteiger partial charge in [-0.05, 0) is 105 Å². The van der Waals surface area contributed by atoms with Gasteiger partial charge in [-0.2, -0.15) is 0 Å². The van der Waals surface area contributed by atoms with E-state index in [4.69, 9.17) is 0 Å². The quantitative estimate of drug-likeness (QED) is 0.627. The fourth-order valence-electron chi connectivity index (χ4n) is 8.77. The van der Waals surface area contributed by atoms with E-state index < -0.39 is 0 Å². The number of carbonyl (C=O) groups is 1. The van der Waals surface area contributed by atoms with Gasteiger partial charge in [0.15, 0.2) is 0 Å². The Hall–Kier alpha value is -0.630. The molecule has 5 fully saturated rings. The lowest BCUT2D eigenvalue weighted by Crippen LogP contribution is -2.56. The third-order valence-electron chi connectivity index (χ3n) is 10.5. The highest BCUT2D eigenvalue weighted by Gasteiger charge is 2.61. The summed E-state index contributed by atoms with van der Waals surface area (Å²) in [6.07, 6.45) is 16.6. The molecule has 0 aromatic rings. The zero-order valence-corrected chi connectivity index (χ0v) is 18.4. The van der Waals surface area contributed by atoms with Crippen LogP contribution in [0.2, 0.25) is 0 Å². The highest BCUT2D eigenvalue weighted by Crippen LogP contribution is 2.67. The third kappa shape index (κ3) is 2.88. The lowest BCUT2D eigenvalue weighted by atomic mass is 9.42. The molecule has 0 amide bonds. The fourth-order valence-corrected chi connectivity index (χ4v) is 8.77. The van der Waals surface area contributed by atoms with Gasteiger partial charge in [0.1, 0.15) is 5.78 Å². The van der Waals surface area contributed by atoms with E-state index >= 15 is 0 Å². The van der Waals surface area contributed by atoms with Gasteiger partial charge in [0.05, 0.1) is 0 Å². The van der Waals surface area contributed by atoms with E-state index in [0.717, 1.165) is 41.9 Å². The summed E-state index contributed by atoms with van der Waals surface area (Å²) >= 11 is 0. The monoisotopic (exact) mass is 383 g/mol. The van der Waals surface area contributed by atoms with Gasteiger partial charge in [0, 0.05) is 18.4 Å². The van der Waals surface area contributed by atoms with Gasteiger partial charge < -0.3 is 5.32 Å². The first-order valence-electron chi connectivity index (χ1n) is 12.3. The number of carbonyl (C=O) groups excluding carboxylic acids is 1. The zero-order valence-electron chi connectivity index (χ0n) is 18.4.